The molecule has 1 aliphatic carbocycles. The summed E-state index contributed by atoms with van der Waals surface area (Å²) in [7, 11) is 0. The number of hydrogen-bond acceptors (Lipinski definition) is 1. The molecule has 2 heteroatoms. The number of fused-ring (bicyclic) bond motifs is 1. The van der Waals surface area contributed by atoms with Crippen LogP contribution in [0.1, 0.15) is 23.2 Å². The van der Waals surface area contributed by atoms with Crippen LogP contribution >= 0.6 is 0 Å². The first-order valence-corrected chi connectivity index (χ1v) is 5.88. The third-order valence-corrected chi connectivity index (χ3v) is 3.43. The zero-order chi connectivity index (χ0) is 11.0. The minimum atomic E-state index is 0.635. The van der Waals surface area contributed by atoms with Crippen LogP contribution in [0.15, 0.2) is 30.3 Å². The molecule has 1 heterocycles. The lowest BCUT2D eigenvalue weighted by Gasteiger charge is -2.04. The van der Waals surface area contributed by atoms with Gasteiger partial charge in [0.15, 0.2) is 0 Å². The van der Waals surface area contributed by atoms with Crippen molar-refractivity contribution in [2.24, 2.45) is 5.73 Å². The Bertz CT molecular complexity index is 497. The number of H-pyrrole nitrogens is 1. The van der Waals surface area contributed by atoms with E-state index in [1.807, 2.05) is 6.07 Å². The lowest BCUT2D eigenvalue weighted by atomic mass is 10.0. The molecule has 1 aromatic heterocycles. The molecule has 16 heavy (non-hydrogen) atoms. The van der Waals surface area contributed by atoms with Crippen LogP contribution in [0.2, 0.25) is 0 Å². The second-order valence-electron chi connectivity index (χ2n) is 4.36. The van der Waals surface area contributed by atoms with Crippen LogP contribution in [0.3, 0.4) is 0 Å². The normalized spacial score (nSPS) is 14.1. The Morgan fingerprint density at radius 1 is 1.12 bits per heavy atom. The summed E-state index contributed by atoms with van der Waals surface area (Å²) in [5.41, 5.74) is 12.6. The standard InChI is InChI=1S/C14H16N2/c15-9-12-11-7-4-8-13(11)16-14(12)10-5-2-1-3-6-10/h1-3,5-6,16H,4,7-9,15H2. The summed E-state index contributed by atoms with van der Waals surface area (Å²) in [5.74, 6) is 0. The van der Waals surface area contributed by atoms with Gasteiger partial charge in [-0.2, -0.15) is 0 Å². The molecule has 0 radical (unpaired) electrons. The fourth-order valence-corrected chi connectivity index (χ4v) is 2.67. The molecule has 0 aliphatic heterocycles. The largest absolute Gasteiger partial charge is 0.358 e. The lowest BCUT2D eigenvalue weighted by Crippen LogP contribution is -2.00. The van der Waals surface area contributed by atoms with E-state index in [0.29, 0.717) is 6.54 Å². The van der Waals surface area contributed by atoms with E-state index in [2.05, 4.69) is 29.2 Å². The van der Waals surface area contributed by atoms with Crippen molar-refractivity contribution in [3.8, 4) is 11.3 Å². The maximum atomic E-state index is 5.89. The summed E-state index contributed by atoms with van der Waals surface area (Å²) in [6.07, 6.45) is 3.63. The van der Waals surface area contributed by atoms with Crippen molar-refractivity contribution in [3.63, 3.8) is 0 Å². The monoisotopic (exact) mass is 212 g/mol. The minimum Gasteiger partial charge on any atom is -0.358 e. The van der Waals surface area contributed by atoms with Crippen LogP contribution < -0.4 is 5.73 Å². The van der Waals surface area contributed by atoms with Gasteiger partial charge in [0.05, 0.1) is 5.69 Å². The van der Waals surface area contributed by atoms with Crippen molar-refractivity contribution < 1.29 is 0 Å². The number of nitrogens with two attached hydrogens (primary N) is 1. The summed E-state index contributed by atoms with van der Waals surface area (Å²) in [6.45, 7) is 0.635. The molecule has 1 aliphatic rings. The molecule has 2 nitrogen and oxygen atoms in total. The van der Waals surface area contributed by atoms with Crippen LogP contribution in [-0.4, -0.2) is 4.98 Å². The van der Waals surface area contributed by atoms with Gasteiger partial charge >= 0.3 is 0 Å². The summed E-state index contributed by atoms with van der Waals surface area (Å²) >= 11 is 0. The molecule has 82 valence electrons. The van der Waals surface area contributed by atoms with E-state index < -0.39 is 0 Å². The SMILES string of the molecule is NCc1c(-c2ccccc2)[nH]c2c1CCC2. The van der Waals surface area contributed by atoms with E-state index in [9.17, 15) is 0 Å². The van der Waals surface area contributed by atoms with Gasteiger partial charge in [-0.25, -0.2) is 0 Å². The Hall–Kier alpha value is -1.54. The van der Waals surface area contributed by atoms with Gasteiger partial charge in [0.1, 0.15) is 0 Å². The first-order valence-electron chi connectivity index (χ1n) is 5.88. The number of aromatic amines is 1. The smallest absolute Gasteiger partial charge is 0.0504 e. The topological polar surface area (TPSA) is 41.8 Å². The van der Waals surface area contributed by atoms with Gasteiger partial charge in [0, 0.05) is 12.2 Å². The van der Waals surface area contributed by atoms with Crippen molar-refractivity contribution >= 4 is 0 Å². The van der Waals surface area contributed by atoms with Crippen LogP contribution in [0.4, 0.5) is 0 Å². The van der Waals surface area contributed by atoms with Gasteiger partial charge in [-0.1, -0.05) is 30.3 Å². The zero-order valence-electron chi connectivity index (χ0n) is 9.29. The van der Waals surface area contributed by atoms with E-state index >= 15 is 0 Å². The molecular weight excluding hydrogens is 196 g/mol. The molecule has 0 saturated heterocycles. The second-order valence-corrected chi connectivity index (χ2v) is 4.36. The van der Waals surface area contributed by atoms with Gasteiger partial charge in [-0.15, -0.1) is 0 Å². The fraction of sp³-hybridized carbons (Fsp3) is 0.286. The molecule has 0 saturated carbocycles. The van der Waals surface area contributed by atoms with Gasteiger partial charge in [0.25, 0.3) is 0 Å². The molecule has 3 N–H and O–H groups in total. The Labute approximate surface area is 95.5 Å². The highest BCUT2D eigenvalue weighted by Crippen LogP contribution is 2.33. The van der Waals surface area contributed by atoms with Gasteiger partial charge < -0.3 is 10.7 Å². The molecule has 0 fully saturated rings. The molecule has 0 unspecified atom stereocenters. The van der Waals surface area contributed by atoms with Crippen molar-refractivity contribution in [3.05, 3.63) is 47.2 Å². The second kappa shape index (κ2) is 3.80. The van der Waals surface area contributed by atoms with Crippen LogP contribution in [0.5, 0.6) is 0 Å². The predicted octanol–water partition coefficient (Wildman–Crippen LogP) is 2.63. The Kier molecular flexibility index (Phi) is 2.29. The summed E-state index contributed by atoms with van der Waals surface area (Å²) in [5, 5.41) is 0. The highest BCUT2D eigenvalue weighted by atomic mass is 14.8. The highest BCUT2D eigenvalue weighted by Gasteiger charge is 2.20. The Balaban J connectivity index is 2.15. The highest BCUT2D eigenvalue weighted by molar-refractivity contribution is 5.67. The number of hydrogen-bond donors (Lipinski definition) is 2. The van der Waals surface area contributed by atoms with Gasteiger partial charge in [-0.3, -0.25) is 0 Å². The van der Waals surface area contributed by atoms with Crippen LogP contribution in [-0.2, 0) is 19.4 Å². The summed E-state index contributed by atoms with van der Waals surface area (Å²) in [6, 6.07) is 10.5. The summed E-state index contributed by atoms with van der Waals surface area (Å²) < 4.78 is 0. The molecule has 0 spiro atoms. The first kappa shape index (κ1) is 9.67. The Morgan fingerprint density at radius 3 is 2.69 bits per heavy atom. The molecule has 0 amide bonds. The van der Waals surface area contributed by atoms with E-state index in [1.54, 1.807) is 0 Å². The van der Waals surface area contributed by atoms with Crippen molar-refractivity contribution in [1.82, 2.24) is 4.98 Å². The number of rotatable bonds is 2. The average Bonchev–Trinajstić information content (AvgIpc) is 2.89. The predicted molar refractivity (Wildman–Crippen MR) is 66.1 cm³/mol. The third-order valence-electron chi connectivity index (χ3n) is 3.43. The van der Waals surface area contributed by atoms with E-state index in [4.69, 9.17) is 5.73 Å². The maximum absolute atomic E-state index is 5.89. The molecule has 2 aromatic rings. The molecular formula is C14H16N2. The zero-order valence-corrected chi connectivity index (χ0v) is 9.29. The number of benzene rings is 1. The van der Waals surface area contributed by atoms with Gasteiger partial charge in [-0.05, 0) is 36.0 Å². The quantitative estimate of drug-likeness (QED) is 0.789. The number of aromatic nitrogens is 1. The van der Waals surface area contributed by atoms with E-state index in [-0.39, 0.29) is 0 Å². The minimum absolute atomic E-state index is 0.635. The number of nitrogens with one attached hydrogen (secondary N) is 1. The number of aryl methyl sites for hydroxylation is 1. The van der Waals surface area contributed by atoms with E-state index in [1.165, 1.54) is 47.3 Å². The molecule has 0 bridgehead atoms. The van der Waals surface area contributed by atoms with Gasteiger partial charge in [0.2, 0.25) is 0 Å². The summed E-state index contributed by atoms with van der Waals surface area (Å²) in [4.78, 5) is 3.55. The molecule has 1 aromatic carbocycles. The van der Waals surface area contributed by atoms with Crippen molar-refractivity contribution in [2.45, 2.75) is 25.8 Å². The molecule has 0 atom stereocenters. The van der Waals surface area contributed by atoms with E-state index in [0.717, 1.165) is 0 Å². The average molecular weight is 212 g/mol. The third kappa shape index (κ3) is 1.38. The fourth-order valence-electron chi connectivity index (χ4n) is 2.67. The van der Waals surface area contributed by atoms with Crippen molar-refractivity contribution in [1.29, 1.82) is 0 Å². The first-order chi connectivity index (χ1) is 7.90. The Morgan fingerprint density at radius 2 is 1.94 bits per heavy atom. The lowest BCUT2D eigenvalue weighted by molar-refractivity contribution is 0.883. The maximum Gasteiger partial charge on any atom is 0.0504 e. The molecule has 3 rings (SSSR count). The van der Waals surface area contributed by atoms with Crippen LogP contribution in [0.25, 0.3) is 11.3 Å². The van der Waals surface area contributed by atoms with Crippen molar-refractivity contribution in [2.75, 3.05) is 0 Å². The van der Waals surface area contributed by atoms with Crippen LogP contribution in [0, 0.1) is 0 Å².